The molecule has 0 radical (unpaired) electrons. The lowest BCUT2D eigenvalue weighted by atomic mass is 9.78. The molecule has 1 N–H and O–H groups in total. The highest BCUT2D eigenvalue weighted by atomic mass is 35.5. The summed E-state index contributed by atoms with van der Waals surface area (Å²) in [4.78, 5) is 36.4. The molecule has 1 aliphatic carbocycles. The zero-order chi connectivity index (χ0) is 19.6. The zero-order valence-electron chi connectivity index (χ0n) is 15.3. The van der Waals surface area contributed by atoms with Crippen molar-refractivity contribution in [3.63, 3.8) is 0 Å². The highest BCUT2D eigenvalue weighted by molar-refractivity contribution is 6.31. The van der Waals surface area contributed by atoms with Gasteiger partial charge in [-0.2, -0.15) is 0 Å². The van der Waals surface area contributed by atoms with Gasteiger partial charge in [-0.15, -0.1) is 0 Å². The van der Waals surface area contributed by atoms with Crippen LogP contribution in [0.4, 0.5) is 0 Å². The highest BCUT2D eigenvalue weighted by Crippen LogP contribution is 2.29. The fraction of sp³-hybridized carbons (Fsp3) is 0.450. The summed E-state index contributed by atoms with van der Waals surface area (Å²) in [7, 11) is 0. The minimum absolute atomic E-state index is 0.0864. The summed E-state index contributed by atoms with van der Waals surface area (Å²) in [5.74, 6) is -0.536. The number of carbonyl (C=O) groups excluding carboxylic acids is 2. The van der Waals surface area contributed by atoms with Gasteiger partial charge in [0.15, 0.2) is 12.0 Å². The van der Waals surface area contributed by atoms with Gasteiger partial charge in [0.2, 0.25) is 5.76 Å². The monoisotopic (exact) mass is 391 g/mol. The van der Waals surface area contributed by atoms with Crippen LogP contribution in [0, 0.1) is 11.8 Å². The maximum Gasteiger partial charge on any atom is 0.374 e. The zero-order valence-corrected chi connectivity index (χ0v) is 16.0. The molecule has 3 atom stereocenters. The average molecular weight is 392 g/mol. The van der Waals surface area contributed by atoms with Gasteiger partial charge in [-0.25, -0.2) is 4.79 Å². The third kappa shape index (κ3) is 4.50. The molecule has 1 saturated carbocycles. The van der Waals surface area contributed by atoms with Crippen LogP contribution in [0.1, 0.15) is 43.7 Å². The summed E-state index contributed by atoms with van der Waals surface area (Å²) in [6, 6.07) is 5.67. The van der Waals surface area contributed by atoms with Crippen molar-refractivity contribution >= 4 is 34.4 Å². The molecule has 2 aromatic rings. The van der Waals surface area contributed by atoms with Crippen LogP contribution in [0.15, 0.2) is 33.5 Å². The van der Waals surface area contributed by atoms with E-state index in [4.69, 9.17) is 20.8 Å². The van der Waals surface area contributed by atoms with Gasteiger partial charge in [0, 0.05) is 17.1 Å². The van der Waals surface area contributed by atoms with Gasteiger partial charge in [0.25, 0.3) is 5.91 Å². The number of hydrogen-bond donors (Lipinski definition) is 1. The summed E-state index contributed by atoms with van der Waals surface area (Å²) < 4.78 is 10.4. The van der Waals surface area contributed by atoms with Crippen LogP contribution >= 0.6 is 11.6 Å². The molecular formula is C20H22ClNO5. The summed E-state index contributed by atoms with van der Waals surface area (Å²) in [5, 5.41) is 3.60. The Kier molecular flexibility index (Phi) is 5.85. The van der Waals surface area contributed by atoms with Gasteiger partial charge in [-0.05, 0) is 36.5 Å². The molecule has 6 nitrogen and oxygen atoms in total. The Morgan fingerprint density at radius 3 is 2.81 bits per heavy atom. The van der Waals surface area contributed by atoms with Crippen LogP contribution in [0.2, 0.25) is 5.02 Å². The van der Waals surface area contributed by atoms with Gasteiger partial charge in [-0.1, -0.05) is 38.3 Å². The predicted octanol–water partition coefficient (Wildman–Crippen LogP) is 3.54. The first-order chi connectivity index (χ1) is 12.8. The van der Waals surface area contributed by atoms with E-state index in [2.05, 4.69) is 19.2 Å². The Bertz CT molecular complexity index is 922. The van der Waals surface area contributed by atoms with Crippen molar-refractivity contribution in [1.29, 1.82) is 0 Å². The van der Waals surface area contributed by atoms with Crippen molar-refractivity contribution < 1.29 is 18.7 Å². The number of benzene rings is 1. The molecule has 1 fully saturated rings. The van der Waals surface area contributed by atoms with E-state index in [1.54, 1.807) is 6.07 Å². The smallest absolute Gasteiger partial charge is 0.374 e. The lowest BCUT2D eigenvalue weighted by molar-refractivity contribution is -0.125. The maximum atomic E-state index is 12.2. The first kappa shape index (κ1) is 19.4. The first-order valence-corrected chi connectivity index (χ1v) is 9.43. The van der Waals surface area contributed by atoms with Crippen molar-refractivity contribution in [3.8, 4) is 0 Å². The Labute approximate surface area is 161 Å². The largest absolute Gasteiger partial charge is 0.450 e. The van der Waals surface area contributed by atoms with Gasteiger partial charge in [0.05, 0.1) is 5.39 Å². The van der Waals surface area contributed by atoms with E-state index in [-0.39, 0.29) is 28.7 Å². The molecule has 0 bridgehead atoms. The molecule has 1 amide bonds. The van der Waals surface area contributed by atoms with Gasteiger partial charge in [0.1, 0.15) is 5.58 Å². The number of carbonyl (C=O) groups is 2. The molecule has 1 heterocycles. The second kappa shape index (κ2) is 8.13. The standard InChI is InChI=1S/C20H22ClNO5/c1-11-4-3-5-15(12(11)2)22-19(24)10-26-20(25)18-9-16(23)14-8-13(21)6-7-17(14)27-18/h6-9,11-12,15H,3-5,10H2,1-2H3,(H,22,24)/t11-,12-,15-/m1/s1. The number of rotatable bonds is 4. The molecule has 1 aliphatic rings. The minimum Gasteiger partial charge on any atom is -0.450 e. The lowest BCUT2D eigenvalue weighted by Gasteiger charge is -2.34. The highest BCUT2D eigenvalue weighted by Gasteiger charge is 2.28. The van der Waals surface area contributed by atoms with E-state index in [1.165, 1.54) is 12.1 Å². The number of nitrogens with one attached hydrogen (secondary N) is 1. The van der Waals surface area contributed by atoms with Crippen molar-refractivity contribution in [2.75, 3.05) is 6.61 Å². The normalized spacial score (nSPS) is 22.4. The van der Waals surface area contributed by atoms with Crippen molar-refractivity contribution in [3.05, 3.63) is 45.3 Å². The molecule has 144 valence electrons. The Morgan fingerprint density at radius 2 is 2.04 bits per heavy atom. The predicted molar refractivity (Wildman–Crippen MR) is 102 cm³/mol. The lowest BCUT2D eigenvalue weighted by Crippen LogP contribution is -2.45. The van der Waals surface area contributed by atoms with E-state index in [0.717, 1.165) is 25.3 Å². The molecular weight excluding hydrogens is 370 g/mol. The molecule has 0 saturated heterocycles. The van der Waals surface area contributed by atoms with Gasteiger partial charge >= 0.3 is 5.97 Å². The number of ether oxygens (including phenoxy) is 1. The summed E-state index contributed by atoms with van der Waals surface area (Å²) >= 11 is 5.86. The summed E-state index contributed by atoms with van der Waals surface area (Å²) in [5.41, 5.74) is -0.173. The summed E-state index contributed by atoms with van der Waals surface area (Å²) in [6.07, 6.45) is 3.16. The third-order valence-corrected chi connectivity index (χ3v) is 5.51. The van der Waals surface area contributed by atoms with Crippen LogP contribution < -0.4 is 10.7 Å². The Balaban J connectivity index is 1.62. The fourth-order valence-electron chi connectivity index (χ4n) is 3.47. The second-order valence-corrected chi connectivity index (χ2v) is 7.57. The van der Waals surface area contributed by atoms with E-state index in [9.17, 15) is 14.4 Å². The molecule has 0 spiro atoms. The first-order valence-electron chi connectivity index (χ1n) is 9.05. The Hall–Kier alpha value is -2.34. The maximum absolute atomic E-state index is 12.2. The van der Waals surface area contributed by atoms with Gasteiger partial charge < -0.3 is 14.5 Å². The topological polar surface area (TPSA) is 85.6 Å². The fourth-order valence-corrected chi connectivity index (χ4v) is 3.64. The number of hydrogen-bond acceptors (Lipinski definition) is 5. The van der Waals surface area contributed by atoms with E-state index < -0.39 is 18.0 Å². The number of amides is 1. The molecule has 3 rings (SSSR count). The third-order valence-electron chi connectivity index (χ3n) is 5.28. The number of fused-ring (bicyclic) bond motifs is 1. The second-order valence-electron chi connectivity index (χ2n) is 7.13. The quantitative estimate of drug-likeness (QED) is 0.805. The van der Waals surface area contributed by atoms with E-state index in [0.29, 0.717) is 16.9 Å². The summed E-state index contributed by atoms with van der Waals surface area (Å²) in [6.45, 7) is 3.88. The molecule has 0 aliphatic heterocycles. The molecule has 27 heavy (non-hydrogen) atoms. The van der Waals surface area contributed by atoms with Crippen molar-refractivity contribution in [2.45, 2.75) is 39.2 Å². The van der Waals surface area contributed by atoms with Crippen molar-refractivity contribution in [2.24, 2.45) is 11.8 Å². The van der Waals surface area contributed by atoms with Crippen LogP contribution in [0.3, 0.4) is 0 Å². The Morgan fingerprint density at radius 1 is 1.26 bits per heavy atom. The van der Waals surface area contributed by atoms with Crippen LogP contribution in [0.25, 0.3) is 11.0 Å². The average Bonchev–Trinajstić information content (AvgIpc) is 2.64. The van der Waals surface area contributed by atoms with Crippen LogP contribution in [-0.4, -0.2) is 24.5 Å². The molecule has 1 aromatic carbocycles. The minimum atomic E-state index is -0.857. The SMILES string of the molecule is C[C@@H]1[C@H](C)CCC[C@H]1NC(=O)COC(=O)c1cc(=O)c2cc(Cl)ccc2o1. The number of halogens is 1. The van der Waals surface area contributed by atoms with E-state index >= 15 is 0 Å². The van der Waals surface area contributed by atoms with Crippen molar-refractivity contribution in [1.82, 2.24) is 5.32 Å². The molecule has 7 heteroatoms. The van der Waals surface area contributed by atoms with Crippen LogP contribution in [0.5, 0.6) is 0 Å². The van der Waals surface area contributed by atoms with E-state index in [1.807, 2.05) is 0 Å². The molecule has 0 unspecified atom stereocenters. The molecule has 1 aromatic heterocycles. The number of esters is 1. The van der Waals surface area contributed by atoms with Crippen LogP contribution in [-0.2, 0) is 9.53 Å². The van der Waals surface area contributed by atoms with Gasteiger partial charge in [-0.3, -0.25) is 9.59 Å².